The molecule has 4 rings (SSSR count). The van der Waals surface area contributed by atoms with Crippen molar-refractivity contribution in [1.82, 2.24) is 0 Å². The van der Waals surface area contributed by atoms with Crippen molar-refractivity contribution in [2.75, 3.05) is 10.8 Å². The molecule has 0 radical (unpaired) electrons. The number of para-hydroxylation sites is 1. The van der Waals surface area contributed by atoms with Gasteiger partial charge in [0.2, 0.25) is 0 Å². The predicted octanol–water partition coefficient (Wildman–Crippen LogP) is 4.67. The molecule has 0 aliphatic heterocycles. The molecule has 0 fully saturated rings. The van der Waals surface area contributed by atoms with Crippen molar-refractivity contribution >= 4 is 32.6 Å². The molecule has 1 aromatic heterocycles. The number of carbonyl (C=O) groups excluding carboxylic acids is 1. The minimum Gasteiger partial charge on any atom is -0.457 e. The number of aryl methyl sites for hydroxylation is 1. The molecule has 0 saturated heterocycles. The lowest BCUT2D eigenvalue weighted by atomic mass is 10.1. The zero-order valence-electron chi connectivity index (χ0n) is 18.7. The monoisotopic (exact) mass is 477 g/mol. The molecule has 4 aromatic rings. The molecule has 0 spiro atoms. The molecule has 0 N–H and O–H groups in total. The molecule has 8 heteroatoms. The lowest BCUT2D eigenvalue weighted by Gasteiger charge is -2.23. The van der Waals surface area contributed by atoms with Gasteiger partial charge in [-0.1, -0.05) is 36.4 Å². The van der Waals surface area contributed by atoms with Gasteiger partial charge < -0.3 is 9.15 Å². The number of hydrogen-bond acceptors (Lipinski definition) is 6. The molecule has 174 valence electrons. The Kier molecular flexibility index (Phi) is 6.51. The molecular formula is C26H23NO6S. The van der Waals surface area contributed by atoms with E-state index < -0.39 is 21.6 Å². The lowest BCUT2D eigenvalue weighted by Crippen LogP contribution is -2.30. The number of anilines is 1. The van der Waals surface area contributed by atoms with E-state index in [1.165, 1.54) is 34.6 Å². The molecule has 34 heavy (non-hydrogen) atoms. The molecule has 0 aliphatic carbocycles. The first-order chi connectivity index (χ1) is 16.3. The molecule has 0 saturated carbocycles. The molecule has 1 heterocycles. The van der Waals surface area contributed by atoms with Gasteiger partial charge in [-0.05, 0) is 55.8 Å². The van der Waals surface area contributed by atoms with Crippen LogP contribution < -0.4 is 9.93 Å². The fourth-order valence-corrected chi connectivity index (χ4v) is 5.20. The van der Waals surface area contributed by atoms with Gasteiger partial charge in [-0.25, -0.2) is 18.0 Å². The Labute approximate surface area is 197 Å². The number of esters is 1. The summed E-state index contributed by atoms with van der Waals surface area (Å²) in [5.41, 5.74) is 1.92. The summed E-state index contributed by atoms with van der Waals surface area (Å²) in [5.74, 6) is -0.701. The molecule has 7 nitrogen and oxygen atoms in total. The van der Waals surface area contributed by atoms with Crippen molar-refractivity contribution in [2.24, 2.45) is 0 Å². The molecule has 3 aromatic carbocycles. The van der Waals surface area contributed by atoms with Crippen LogP contribution in [0.5, 0.6) is 0 Å². The summed E-state index contributed by atoms with van der Waals surface area (Å²) >= 11 is 0. The second-order valence-corrected chi connectivity index (χ2v) is 9.56. The van der Waals surface area contributed by atoms with Gasteiger partial charge in [0.25, 0.3) is 10.0 Å². The first kappa shape index (κ1) is 23.3. The minimum atomic E-state index is -3.89. The van der Waals surface area contributed by atoms with E-state index in [-0.39, 0.29) is 23.6 Å². The number of benzene rings is 3. The average molecular weight is 478 g/mol. The number of rotatable bonds is 7. The van der Waals surface area contributed by atoms with Crippen LogP contribution in [0, 0.1) is 6.92 Å². The van der Waals surface area contributed by atoms with Crippen molar-refractivity contribution in [3.05, 3.63) is 106 Å². The standard InChI is InChI=1S/C26H23NO6S/c1-3-27(21-9-5-4-6-10-21)34(30,31)22-11-7-8-19(15-22)26(29)32-17-20-16-25(28)33-24-14-18(2)12-13-23(20)24/h4-16H,3,17H2,1-2H3. The van der Waals surface area contributed by atoms with E-state index in [1.54, 1.807) is 43.3 Å². The number of hydrogen-bond donors (Lipinski definition) is 0. The Hall–Kier alpha value is -3.91. The second kappa shape index (κ2) is 9.52. The van der Waals surface area contributed by atoms with Crippen LogP contribution in [0.2, 0.25) is 0 Å². The van der Waals surface area contributed by atoms with Crippen LogP contribution in [-0.2, 0) is 21.4 Å². The second-order valence-electron chi connectivity index (χ2n) is 7.70. The highest BCUT2D eigenvalue weighted by atomic mass is 32.2. The number of carbonyl (C=O) groups is 1. The summed E-state index contributed by atoms with van der Waals surface area (Å²) in [5, 5.41) is 0.663. The molecule has 0 unspecified atom stereocenters. The smallest absolute Gasteiger partial charge is 0.338 e. The minimum absolute atomic E-state index is 0.0195. The van der Waals surface area contributed by atoms with Gasteiger partial charge in [0.1, 0.15) is 12.2 Å². The Morgan fingerprint density at radius 3 is 2.47 bits per heavy atom. The maximum absolute atomic E-state index is 13.3. The largest absolute Gasteiger partial charge is 0.457 e. The third kappa shape index (κ3) is 4.72. The molecule has 0 bridgehead atoms. The quantitative estimate of drug-likeness (QED) is 0.284. The Balaban J connectivity index is 1.58. The van der Waals surface area contributed by atoms with Crippen LogP contribution in [0.4, 0.5) is 5.69 Å². The van der Waals surface area contributed by atoms with Crippen LogP contribution in [0.3, 0.4) is 0 Å². The highest BCUT2D eigenvalue weighted by Crippen LogP contribution is 2.24. The van der Waals surface area contributed by atoms with Crippen molar-refractivity contribution in [2.45, 2.75) is 25.3 Å². The van der Waals surface area contributed by atoms with Gasteiger partial charge >= 0.3 is 11.6 Å². The number of nitrogens with zero attached hydrogens (tertiary/aromatic N) is 1. The topological polar surface area (TPSA) is 93.9 Å². The third-order valence-corrected chi connectivity index (χ3v) is 7.23. The van der Waals surface area contributed by atoms with E-state index in [4.69, 9.17) is 9.15 Å². The zero-order chi connectivity index (χ0) is 24.3. The number of sulfonamides is 1. The van der Waals surface area contributed by atoms with E-state index in [2.05, 4.69) is 0 Å². The first-order valence-electron chi connectivity index (χ1n) is 10.7. The van der Waals surface area contributed by atoms with E-state index >= 15 is 0 Å². The van der Waals surface area contributed by atoms with Crippen LogP contribution in [0.15, 0.2) is 93.0 Å². The van der Waals surface area contributed by atoms with Gasteiger partial charge in [-0.2, -0.15) is 0 Å². The maximum atomic E-state index is 13.3. The Bertz CT molecular complexity index is 1510. The van der Waals surface area contributed by atoms with Crippen molar-refractivity contribution in [3.63, 3.8) is 0 Å². The van der Waals surface area contributed by atoms with Crippen molar-refractivity contribution in [1.29, 1.82) is 0 Å². The predicted molar refractivity (Wildman–Crippen MR) is 129 cm³/mol. The van der Waals surface area contributed by atoms with Crippen LogP contribution in [0.1, 0.15) is 28.4 Å². The summed E-state index contributed by atoms with van der Waals surface area (Å²) < 4.78 is 38.4. The molecule has 0 amide bonds. The zero-order valence-corrected chi connectivity index (χ0v) is 19.5. The van der Waals surface area contributed by atoms with Gasteiger partial charge in [0.15, 0.2) is 0 Å². The molecule has 0 aliphatic rings. The number of fused-ring (bicyclic) bond motifs is 1. The lowest BCUT2D eigenvalue weighted by molar-refractivity contribution is 0.0473. The van der Waals surface area contributed by atoms with Crippen molar-refractivity contribution < 1.29 is 22.4 Å². The van der Waals surface area contributed by atoms with E-state index in [1.807, 2.05) is 19.1 Å². The summed E-state index contributed by atoms with van der Waals surface area (Å²) in [4.78, 5) is 24.6. The first-order valence-corrected chi connectivity index (χ1v) is 12.1. The van der Waals surface area contributed by atoms with E-state index in [0.29, 0.717) is 22.2 Å². The summed E-state index contributed by atoms with van der Waals surface area (Å²) in [6.45, 7) is 3.69. The van der Waals surface area contributed by atoms with Gasteiger partial charge in [0.05, 0.1) is 16.1 Å². The van der Waals surface area contributed by atoms with Crippen LogP contribution >= 0.6 is 0 Å². The summed E-state index contributed by atoms with van der Waals surface area (Å²) in [6.07, 6.45) is 0. The van der Waals surface area contributed by atoms with Crippen LogP contribution in [0.25, 0.3) is 11.0 Å². The SMILES string of the molecule is CCN(c1ccccc1)S(=O)(=O)c1cccc(C(=O)OCc2cc(=O)oc3cc(C)ccc23)c1. The van der Waals surface area contributed by atoms with Gasteiger partial charge in [-0.15, -0.1) is 0 Å². The van der Waals surface area contributed by atoms with Crippen molar-refractivity contribution in [3.8, 4) is 0 Å². The summed E-state index contributed by atoms with van der Waals surface area (Å²) in [6, 6.07) is 21.2. The van der Waals surface area contributed by atoms with Gasteiger partial charge in [-0.3, -0.25) is 4.31 Å². The highest BCUT2D eigenvalue weighted by Gasteiger charge is 2.24. The molecular weight excluding hydrogens is 454 g/mol. The molecule has 0 atom stereocenters. The third-order valence-electron chi connectivity index (χ3n) is 5.33. The summed E-state index contributed by atoms with van der Waals surface area (Å²) in [7, 11) is -3.89. The fraction of sp³-hybridized carbons (Fsp3) is 0.154. The van der Waals surface area contributed by atoms with Crippen LogP contribution in [-0.4, -0.2) is 20.9 Å². The number of ether oxygens (including phenoxy) is 1. The van der Waals surface area contributed by atoms with E-state index in [9.17, 15) is 18.0 Å². The highest BCUT2D eigenvalue weighted by molar-refractivity contribution is 7.92. The Morgan fingerprint density at radius 1 is 0.971 bits per heavy atom. The van der Waals surface area contributed by atoms with Gasteiger partial charge in [0, 0.05) is 23.6 Å². The normalized spacial score (nSPS) is 11.4. The fourth-order valence-electron chi connectivity index (χ4n) is 3.68. The maximum Gasteiger partial charge on any atom is 0.338 e. The van der Waals surface area contributed by atoms with E-state index in [0.717, 1.165) is 5.56 Å². The Morgan fingerprint density at radius 2 is 1.74 bits per heavy atom. The average Bonchev–Trinajstić information content (AvgIpc) is 2.83.